The summed E-state index contributed by atoms with van der Waals surface area (Å²) in [4.78, 5) is 13.3. The quantitative estimate of drug-likeness (QED) is 0.706. The minimum Gasteiger partial charge on any atom is -0.370 e. The number of carbonyl (C=O) groups is 1. The lowest BCUT2D eigenvalue weighted by Crippen LogP contribution is -2.40. The van der Waals surface area contributed by atoms with Gasteiger partial charge in [-0.05, 0) is 19.9 Å². The second-order valence-electron chi connectivity index (χ2n) is 3.49. The molecule has 0 N–H and O–H groups in total. The zero-order valence-corrected chi connectivity index (χ0v) is 11.3. The minimum atomic E-state index is 0.0146. The van der Waals surface area contributed by atoms with E-state index in [4.69, 9.17) is 4.74 Å². The Balaban J connectivity index is 0.00000121. The van der Waals surface area contributed by atoms with Gasteiger partial charge >= 0.3 is 0 Å². The summed E-state index contributed by atoms with van der Waals surface area (Å²) in [6.45, 7) is 13.0. The summed E-state index contributed by atoms with van der Waals surface area (Å²) < 4.78 is 5.07. The molecule has 0 spiro atoms. The molecule has 1 fully saturated rings. The summed E-state index contributed by atoms with van der Waals surface area (Å²) in [7, 11) is 0. The number of allylic oxidation sites excluding steroid dienone is 4. The van der Waals surface area contributed by atoms with E-state index in [9.17, 15) is 4.79 Å². The number of hydrogen-bond donors (Lipinski definition) is 0. The average Bonchev–Trinajstić information content (AvgIpc) is 2.34. The summed E-state index contributed by atoms with van der Waals surface area (Å²) in [6.07, 6.45) is 5.73. The Kier molecular flexibility index (Phi) is 8.07. The normalized spacial score (nSPS) is 16.8. The second kappa shape index (κ2) is 8.76. The number of amides is 1. The molecule has 0 atom stereocenters. The number of morpholine rings is 1. The summed E-state index contributed by atoms with van der Waals surface area (Å²) in [5.41, 5.74) is 1.88. The van der Waals surface area contributed by atoms with Crippen LogP contribution in [0.15, 0.2) is 36.1 Å². The lowest BCUT2D eigenvalue weighted by molar-refractivity contribution is -0.139. The van der Waals surface area contributed by atoms with Gasteiger partial charge in [0.05, 0.1) is 6.61 Å². The van der Waals surface area contributed by atoms with E-state index in [1.54, 1.807) is 4.90 Å². The van der Waals surface area contributed by atoms with Crippen LogP contribution in [0.25, 0.3) is 0 Å². The largest absolute Gasteiger partial charge is 0.370 e. The molecule has 0 aromatic rings. The van der Waals surface area contributed by atoms with Gasteiger partial charge in [-0.1, -0.05) is 38.2 Å². The fourth-order valence-electron chi connectivity index (χ4n) is 1.36. The molecule has 0 unspecified atom stereocenters. The molecule has 0 bridgehead atoms. The lowest BCUT2D eigenvalue weighted by atomic mass is 10.2. The highest BCUT2D eigenvalue weighted by Gasteiger charge is 2.19. The van der Waals surface area contributed by atoms with Crippen LogP contribution in [-0.2, 0) is 9.53 Å². The van der Waals surface area contributed by atoms with E-state index < -0.39 is 0 Å². The molecule has 1 rings (SSSR count). The molecule has 1 saturated heterocycles. The summed E-state index contributed by atoms with van der Waals surface area (Å²) >= 11 is 0. The first-order valence-electron chi connectivity index (χ1n) is 6.03. The summed E-state index contributed by atoms with van der Waals surface area (Å²) in [5, 5.41) is 0. The molecule has 0 aliphatic carbocycles. The SMILES string of the molecule is C=C(C)/C=C\C(=C/C)N1CCOCC1=O.CC. The van der Waals surface area contributed by atoms with Crippen molar-refractivity contribution < 1.29 is 9.53 Å². The molecule has 1 aliphatic rings. The van der Waals surface area contributed by atoms with Crippen molar-refractivity contribution in [1.29, 1.82) is 0 Å². The van der Waals surface area contributed by atoms with Crippen LogP contribution < -0.4 is 0 Å². The van der Waals surface area contributed by atoms with Gasteiger partial charge in [0.1, 0.15) is 6.61 Å². The average molecular weight is 237 g/mol. The highest BCUT2D eigenvalue weighted by Crippen LogP contribution is 2.11. The van der Waals surface area contributed by atoms with Crippen molar-refractivity contribution in [2.75, 3.05) is 19.8 Å². The van der Waals surface area contributed by atoms with Crippen molar-refractivity contribution in [1.82, 2.24) is 4.90 Å². The van der Waals surface area contributed by atoms with Crippen LogP contribution in [0.3, 0.4) is 0 Å². The topological polar surface area (TPSA) is 29.5 Å². The van der Waals surface area contributed by atoms with Crippen molar-refractivity contribution in [3.8, 4) is 0 Å². The molecular formula is C14H23NO2. The van der Waals surface area contributed by atoms with E-state index in [1.807, 2.05) is 45.9 Å². The van der Waals surface area contributed by atoms with Gasteiger partial charge in [-0.3, -0.25) is 4.79 Å². The molecule has 3 heteroatoms. The molecule has 0 aromatic heterocycles. The van der Waals surface area contributed by atoms with Gasteiger partial charge in [0.25, 0.3) is 5.91 Å². The first-order valence-corrected chi connectivity index (χ1v) is 6.03. The monoisotopic (exact) mass is 237 g/mol. The fourth-order valence-corrected chi connectivity index (χ4v) is 1.36. The first kappa shape index (κ1) is 15.7. The Morgan fingerprint density at radius 2 is 2.06 bits per heavy atom. The van der Waals surface area contributed by atoms with Crippen molar-refractivity contribution in [2.24, 2.45) is 0 Å². The molecule has 1 aliphatic heterocycles. The van der Waals surface area contributed by atoms with Gasteiger partial charge in [0.15, 0.2) is 0 Å². The zero-order chi connectivity index (χ0) is 13.3. The van der Waals surface area contributed by atoms with Crippen LogP contribution in [0.1, 0.15) is 27.7 Å². The molecule has 0 radical (unpaired) electrons. The van der Waals surface area contributed by atoms with Crippen LogP contribution in [0.5, 0.6) is 0 Å². The third-order valence-electron chi connectivity index (χ3n) is 2.13. The van der Waals surface area contributed by atoms with Gasteiger partial charge in [-0.25, -0.2) is 0 Å². The van der Waals surface area contributed by atoms with Crippen molar-refractivity contribution >= 4 is 5.91 Å². The van der Waals surface area contributed by atoms with Gasteiger partial charge in [0.2, 0.25) is 0 Å². The van der Waals surface area contributed by atoms with Crippen molar-refractivity contribution in [3.63, 3.8) is 0 Å². The maximum Gasteiger partial charge on any atom is 0.253 e. The molecule has 17 heavy (non-hydrogen) atoms. The molecule has 96 valence electrons. The number of carbonyl (C=O) groups excluding carboxylic acids is 1. The van der Waals surface area contributed by atoms with E-state index in [1.165, 1.54) is 0 Å². The number of nitrogens with zero attached hydrogens (tertiary/aromatic N) is 1. The second-order valence-corrected chi connectivity index (χ2v) is 3.49. The lowest BCUT2D eigenvalue weighted by Gasteiger charge is -2.27. The van der Waals surface area contributed by atoms with E-state index >= 15 is 0 Å². The Labute approximate surface area is 104 Å². The van der Waals surface area contributed by atoms with Gasteiger partial charge in [-0.15, -0.1) is 0 Å². The smallest absolute Gasteiger partial charge is 0.253 e. The molecule has 3 nitrogen and oxygen atoms in total. The maximum atomic E-state index is 11.5. The Hall–Kier alpha value is -1.35. The Bertz CT molecular complexity index is 316. The fraction of sp³-hybridized carbons (Fsp3) is 0.500. The molecule has 0 aromatic carbocycles. The third-order valence-corrected chi connectivity index (χ3v) is 2.13. The Morgan fingerprint density at radius 1 is 1.41 bits per heavy atom. The number of rotatable bonds is 3. The van der Waals surface area contributed by atoms with Crippen LogP contribution in [-0.4, -0.2) is 30.6 Å². The van der Waals surface area contributed by atoms with E-state index in [2.05, 4.69) is 6.58 Å². The first-order chi connectivity index (χ1) is 8.15. The molecule has 0 saturated carbocycles. The van der Waals surface area contributed by atoms with Crippen molar-refractivity contribution in [3.05, 3.63) is 36.1 Å². The van der Waals surface area contributed by atoms with E-state index in [-0.39, 0.29) is 12.5 Å². The predicted molar refractivity (Wildman–Crippen MR) is 71.6 cm³/mol. The van der Waals surface area contributed by atoms with Crippen LogP contribution in [0.4, 0.5) is 0 Å². The van der Waals surface area contributed by atoms with Gasteiger partial charge < -0.3 is 9.64 Å². The maximum absolute atomic E-state index is 11.5. The number of ether oxygens (including phenoxy) is 1. The number of hydrogen-bond acceptors (Lipinski definition) is 2. The predicted octanol–water partition coefficient (Wildman–Crippen LogP) is 2.91. The van der Waals surface area contributed by atoms with Crippen molar-refractivity contribution in [2.45, 2.75) is 27.7 Å². The molecular weight excluding hydrogens is 214 g/mol. The zero-order valence-electron chi connectivity index (χ0n) is 11.3. The van der Waals surface area contributed by atoms with E-state index in [0.29, 0.717) is 13.2 Å². The third kappa shape index (κ3) is 5.50. The molecule has 1 amide bonds. The van der Waals surface area contributed by atoms with Crippen LogP contribution >= 0.6 is 0 Å². The summed E-state index contributed by atoms with van der Waals surface area (Å²) in [5.74, 6) is 0.0146. The van der Waals surface area contributed by atoms with Crippen LogP contribution in [0.2, 0.25) is 0 Å². The molecule has 1 heterocycles. The van der Waals surface area contributed by atoms with Gasteiger partial charge in [0, 0.05) is 12.2 Å². The van der Waals surface area contributed by atoms with Crippen LogP contribution in [0, 0.1) is 0 Å². The highest BCUT2D eigenvalue weighted by molar-refractivity contribution is 5.80. The minimum absolute atomic E-state index is 0.0146. The standard InChI is InChI=1S/C12H17NO2.C2H6/c1-4-11(6-5-10(2)3)13-7-8-15-9-12(13)14;1-2/h4-6H,2,7-9H2,1,3H3;1-2H3/b6-5-,11-4+;. The summed E-state index contributed by atoms with van der Waals surface area (Å²) in [6, 6.07) is 0. The van der Waals surface area contributed by atoms with Gasteiger partial charge in [-0.2, -0.15) is 0 Å². The van der Waals surface area contributed by atoms with E-state index in [0.717, 1.165) is 11.3 Å². The highest BCUT2D eigenvalue weighted by atomic mass is 16.5. The Morgan fingerprint density at radius 3 is 2.53 bits per heavy atom.